The first-order valence-electron chi connectivity index (χ1n) is 4.41. The number of alkyl halides is 1. The van der Waals surface area contributed by atoms with Crippen molar-refractivity contribution in [3.8, 4) is 5.75 Å². The lowest BCUT2D eigenvalue weighted by molar-refractivity contribution is 0.128. The van der Waals surface area contributed by atoms with Crippen molar-refractivity contribution in [1.82, 2.24) is 0 Å². The first-order chi connectivity index (χ1) is 6.65. The second-order valence-electron chi connectivity index (χ2n) is 3.38. The smallest absolute Gasteiger partial charge is 0.139 e. The Balaban J connectivity index is 2.05. The number of hydrogen-bond acceptors (Lipinski definition) is 1. The van der Waals surface area contributed by atoms with E-state index in [0.717, 1.165) is 12.8 Å². The number of rotatable bonds is 2. The van der Waals surface area contributed by atoms with Crippen LogP contribution in [0.2, 0.25) is 10.0 Å². The molecule has 1 aliphatic rings. The summed E-state index contributed by atoms with van der Waals surface area (Å²) in [5.74, 6) is 0.684. The second kappa shape index (κ2) is 4.30. The molecular formula is C10H9BrCl2O. The number of hydrogen-bond donors (Lipinski definition) is 0. The summed E-state index contributed by atoms with van der Waals surface area (Å²) in [5, 5.41) is 1.27. The van der Waals surface area contributed by atoms with Crippen LogP contribution < -0.4 is 4.74 Å². The van der Waals surface area contributed by atoms with Crippen molar-refractivity contribution in [1.29, 1.82) is 0 Å². The zero-order chi connectivity index (χ0) is 10.1. The van der Waals surface area contributed by atoms with Crippen LogP contribution in [-0.4, -0.2) is 10.9 Å². The molecule has 14 heavy (non-hydrogen) atoms. The highest BCUT2D eigenvalue weighted by molar-refractivity contribution is 9.09. The summed E-state index contributed by atoms with van der Waals surface area (Å²) in [6.07, 6.45) is 2.33. The summed E-state index contributed by atoms with van der Waals surface area (Å²) in [5.41, 5.74) is 0. The number of halogens is 3. The summed E-state index contributed by atoms with van der Waals surface area (Å²) in [7, 11) is 0. The third kappa shape index (κ3) is 2.36. The minimum atomic E-state index is 0.273. The van der Waals surface area contributed by atoms with Crippen LogP contribution in [-0.2, 0) is 0 Å². The van der Waals surface area contributed by atoms with Crippen LogP contribution in [0.1, 0.15) is 12.8 Å². The van der Waals surface area contributed by atoms with E-state index in [1.807, 2.05) is 0 Å². The normalized spacial score (nSPS) is 25.6. The molecular weight excluding hydrogens is 287 g/mol. The predicted octanol–water partition coefficient (Wildman–Crippen LogP) is 4.30. The molecule has 4 heteroatoms. The molecule has 0 spiro atoms. The maximum Gasteiger partial charge on any atom is 0.139 e. The molecule has 1 fully saturated rings. The van der Waals surface area contributed by atoms with Gasteiger partial charge >= 0.3 is 0 Å². The van der Waals surface area contributed by atoms with Crippen molar-refractivity contribution in [3.63, 3.8) is 0 Å². The van der Waals surface area contributed by atoms with E-state index >= 15 is 0 Å². The van der Waals surface area contributed by atoms with Gasteiger partial charge < -0.3 is 4.74 Å². The van der Waals surface area contributed by atoms with Gasteiger partial charge in [-0.2, -0.15) is 0 Å². The average molecular weight is 296 g/mol. The lowest BCUT2D eigenvalue weighted by atomic mass is 9.96. The van der Waals surface area contributed by atoms with Crippen molar-refractivity contribution < 1.29 is 4.74 Å². The first kappa shape index (κ1) is 10.6. The molecule has 76 valence electrons. The summed E-state index contributed by atoms with van der Waals surface area (Å²) >= 11 is 15.3. The highest BCUT2D eigenvalue weighted by Gasteiger charge is 2.29. The van der Waals surface area contributed by atoms with E-state index in [4.69, 9.17) is 27.9 Å². The highest BCUT2D eigenvalue weighted by Crippen LogP contribution is 2.35. The summed E-state index contributed by atoms with van der Waals surface area (Å²) in [6, 6.07) is 5.26. The monoisotopic (exact) mass is 294 g/mol. The van der Waals surface area contributed by atoms with Gasteiger partial charge in [-0.15, -0.1) is 0 Å². The van der Waals surface area contributed by atoms with Gasteiger partial charge in [0.05, 0.1) is 5.02 Å². The van der Waals surface area contributed by atoms with Crippen molar-refractivity contribution >= 4 is 39.1 Å². The Kier molecular flexibility index (Phi) is 3.25. The second-order valence-corrected chi connectivity index (χ2v) is 5.52. The fourth-order valence-corrected chi connectivity index (χ4v) is 2.50. The van der Waals surface area contributed by atoms with Crippen LogP contribution in [0.15, 0.2) is 18.2 Å². The molecule has 0 bridgehead atoms. The Hall–Kier alpha value is 0.0800. The SMILES string of the molecule is Clc1ccc(Cl)c(OC2CC(Br)C2)c1. The van der Waals surface area contributed by atoms with Gasteiger partial charge in [0, 0.05) is 15.9 Å². The van der Waals surface area contributed by atoms with Crippen molar-refractivity contribution in [2.45, 2.75) is 23.8 Å². The van der Waals surface area contributed by atoms with E-state index in [-0.39, 0.29) is 6.10 Å². The van der Waals surface area contributed by atoms with E-state index in [0.29, 0.717) is 20.6 Å². The van der Waals surface area contributed by atoms with Gasteiger partial charge in [0.1, 0.15) is 11.9 Å². The van der Waals surface area contributed by atoms with E-state index in [2.05, 4.69) is 15.9 Å². The molecule has 0 saturated heterocycles. The molecule has 1 aromatic rings. The Morgan fingerprint density at radius 2 is 2.00 bits per heavy atom. The average Bonchev–Trinajstić information content (AvgIpc) is 2.09. The van der Waals surface area contributed by atoms with E-state index in [9.17, 15) is 0 Å². The van der Waals surface area contributed by atoms with Crippen LogP contribution in [0.25, 0.3) is 0 Å². The molecule has 0 aromatic heterocycles. The first-order valence-corrected chi connectivity index (χ1v) is 6.08. The molecule has 1 aromatic carbocycles. The summed E-state index contributed by atoms with van der Waals surface area (Å²) in [4.78, 5) is 0.588. The minimum Gasteiger partial charge on any atom is -0.489 e. The quantitative estimate of drug-likeness (QED) is 0.739. The van der Waals surface area contributed by atoms with E-state index in [1.165, 1.54) is 0 Å². The summed E-state index contributed by atoms with van der Waals surface area (Å²) < 4.78 is 5.69. The number of benzene rings is 1. The minimum absolute atomic E-state index is 0.273. The molecule has 1 nitrogen and oxygen atoms in total. The van der Waals surface area contributed by atoms with Gasteiger partial charge in [-0.25, -0.2) is 0 Å². The standard InChI is InChI=1S/C10H9BrCl2O/c11-6-3-8(4-6)14-10-5-7(12)1-2-9(10)13/h1-2,5-6,8H,3-4H2. The van der Waals surface area contributed by atoms with Crippen LogP contribution in [0.3, 0.4) is 0 Å². The lowest BCUT2D eigenvalue weighted by Crippen LogP contribution is -2.34. The molecule has 1 aliphatic carbocycles. The Morgan fingerprint density at radius 3 is 2.64 bits per heavy atom. The fraction of sp³-hybridized carbons (Fsp3) is 0.400. The van der Waals surface area contributed by atoms with Gasteiger partial charge in [0.2, 0.25) is 0 Å². The van der Waals surface area contributed by atoms with Crippen LogP contribution in [0, 0.1) is 0 Å². The van der Waals surface area contributed by atoms with Crippen molar-refractivity contribution in [2.24, 2.45) is 0 Å². The fourth-order valence-electron chi connectivity index (χ4n) is 1.34. The lowest BCUT2D eigenvalue weighted by Gasteiger charge is -2.31. The topological polar surface area (TPSA) is 9.23 Å². The molecule has 0 aliphatic heterocycles. The van der Waals surface area contributed by atoms with Crippen LogP contribution in [0.5, 0.6) is 5.75 Å². The Morgan fingerprint density at radius 1 is 1.29 bits per heavy atom. The van der Waals surface area contributed by atoms with Crippen LogP contribution in [0.4, 0.5) is 0 Å². The number of ether oxygens (including phenoxy) is 1. The molecule has 0 atom stereocenters. The largest absolute Gasteiger partial charge is 0.489 e. The zero-order valence-electron chi connectivity index (χ0n) is 7.34. The molecule has 0 radical (unpaired) electrons. The maximum absolute atomic E-state index is 5.96. The molecule has 0 N–H and O–H groups in total. The van der Waals surface area contributed by atoms with Crippen LogP contribution >= 0.6 is 39.1 Å². The van der Waals surface area contributed by atoms with Gasteiger partial charge in [-0.3, -0.25) is 0 Å². The third-order valence-electron chi connectivity index (χ3n) is 2.22. The molecule has 0 amide bonds. The molecule has 1 saturated carbocycles. The predicted molar refractivity (Wildman–Crippen MR) is 62.8 cm³/mol. The van der Waals surface area contributed by atoms with E-state index in [1.54, 1.807) is 18.2 Å². The third-order valence-corrected chi connectivity index (χ3v) is 3.52. The van der Waals surface area contributed by atoms with E-state index < -0.39 is 0 Å². The van der Waals surface area contributed by atoms with Gasteiger partial charge in [-0.1, -0.05) is 39.1 Å². The highest BCUT2D eigenvalue weighted by atomic mass is 79.9. The molecule has 2 rings (SSSR count). The molecule has 0 heterocycles. The maximum atomic E-state index is 5.96. The zero-order valence-corrected chi connectivity index (χ0v) is 10.4. The van der Waals surface area contributed by atoms with Gasteiger partial charge in [-0.05, 0) is 25.0 Å². The van der Waals surface area contributed by atoms with Crippen molar-refractivity contribution in [2.75, 3.05) is 0 Å². The van der Waals surface area contributed by atoms with Crippen molar-refractivity contribution in [3.05, 3.63) is 28.2 Å². The van der Waals surface area contributed by atoms with Gasteiger partial charge in [0.15, 0.2) is 0 Å². The van der Waals surface area contributed by atoms with Gasteiger partial charge in [0.25, 0.3) is 0 Å². The Labute approximate surface area is 101 Å². The molecule has 0 unspecified atom stereocenters. The summed E-state index contributed by atoms with van der Waals surface area (Å²) in [6.45, 7) is 0. The Bertz CT molecular complexity index is 337.